The normalized spacial score (nSPS) is 24.8. The van der Waals surface area contributed by atoms with Crippen LogP contribution in [-0.4, -0.2) is 58.0 Å². The summed E-state index contributed by atoms with van der Waals surface area (Å²) in [6.07, 6.45) is 6.32. The molecule has 0 N–H and O–H groups in total. The number of ether oxygens (including phenoxy) is 2. The molecule has 138 valence electrons. The fourth-order valence-corrected chi connectivity index (χ4v) is 3.91. The van der Waals surface area contributed by atoms with Crippen LogP contribution in [0, 0.1) is 11.8 Å². The van der Waals surface area contributed by atoms with Crippen LogP contribution in [0.4, 0.5) is 0 Å². The summed E-state index contributed by atoms with van der Waals surface area (Å²) >= 11 is 0. The van der Waals surface area contributed by atoms with Gasteiger partial charge in [-0.05, 0) is 36.1 Å². The summed E-state index contributed by atoms with van der Waals surface area (Å²) in [4.78, 5) is 18.6. The summed E-state index contributed by atoms with van der Waals surface area (Å²) in [5.41, 5.74) is 1.76. The monoisotopic (exact) mass is 356 g/mol. The number of rotatable bonds is 6. The first-order chi connectivity index (χ1) is 12.7. The summed E-state index contributed by atoms with van der Waals surface area (Å²) in [5.74, 6) is 0.883. The summed E-state index contributed by atoms with van der Waals surface area (Å²) in [6, 6.07) is 5.70. The van der Waals surface area contributed by atoms with E-state index in [-0.39, 0.29) is 12.0 Å². The van der Waals surface area contributed by atoms with Crippen molar-refractivity contribution >= 4 is 5.91 Å². The van der Waals surface area contributed by atoms with Crippen molar-refractivity contribution in [3.8, 4) is 0 Å². The Balaban J connectivity index is 1.27. The van der Waals surface area contributed by atoms with Crippen LogP contribution in [0.15, 0.2) is 36.8 Å². The number of pyridine rings is 1. The van der Waals surface area contributed by atoms with Crippen LogP contribution in [-0.2, 0) is 23.1 Å². The van der Waals surface area contributed by atoms with E-state index in [9.17, 15) is 4.79 Å². The van der Waals surface area contributed by atoms with Crippen LogP contribution in [0.5, 0.6) is 0 Å². The van der Waals surface area contributed by atoms with Gasteiger partial charge in [0.1, 0.15) is 5.69 Å². The number of hydrogen-bond donors (Lipinski definition) is 0. The minimum atomic E-state index is 0.0377. The largest absolute Gasteiger partial charge is 0.377 e. The second-order valence-electron chi connectivity index (χ2n) is 7.04. The summed E-state index contributed by atoms with van der Waals surface area (Å²) in [6.45, 7) is 3.50. The number of likely N-dealkylation sites (tertiary alicyclic amines) is 1. The van der Waals surface area contributed by atoms with Crippen LogP contribution >= 0.6 is 0 Å². The molecule has 0 bridgehead atoms. The minimum Gasteiger partial charge on any atom is -0.377 e. The molecule has 0 radical (unpaired) electrons. The predicted octanol–water partition coefficient (Wildman–Crippen LogP) is 1.51. The second kappa shape index (κ2) is 7.55. The van der Waals surface area contributed by atoms with Gasteiger partial charge in [-0.25, -0.2) is 0 Å². The van der Waals surface area contributed by atoms with Crippen molar-refractivity contribution in [2.24, 2.45) is 18.9 Å². The Morgan fingerprint density at radius 3 is 2.88 bits per heavy atom. The molecule has 4 rings (SSSR count). The van der Waals surface area contributed by atoms with Gasteiger partial charge in [-0.15, -0.1) is 0 Å². The van der Waals surface area contributed by atoms with E-state index >= 15 is 0 Å². The van der Waals surface area contributed by atoms with Gasteiger partial charge in [-0.1, -0.05) is 0 Å². The standard InChI is InChI=1S/C19H24N4O3/c1-22-17(4-8-21-22)19(24)23-10-16-15(13-26-18(16)11-23)5-9-25-12-14-2-6-20-7-3-14/h2-4,6-8,15-16,18H,5,9-13H2,1H3/t15-,16-,18-/m1/s1. The van der Waals surface area contributed by atoms with E-state index in [1.54, 1.807) is 36.4 Å². The topological polar surface area (TPSA) is 69.5 Å². The molecule has 1 amide bonds. The SMILES string of the molecule is Cn1nccc1C(=O)N1C[C@@H]2[C@H](CCOCc3ccncc3)CO[C@@H]2C1. The molecular weight excluding hydrogens is 332 g/mol. The summed E-state index contributed by atoms with van der Waals surface area (Å²) < 4.78 is 13.4. The third-order valence-corrected chi connectivity index (χ3v) is 5.42. The highest BCUT2D eigenvalue weighted by Crippen LogP contribution is 2.36. The van der Waals surface area contributed by atoms with Gasteiger partial charge in [0.25, 0.3) is 5.91 Å². The van der Waals surface area contributed by atoms with E-state index in [0.717, 1.165) is 25.1 Å². The molecule has 0 unspecified atom stereocenters. The van der Waals surface area contributed by atoms with Gasteiger partial charge < -0.3 is 14.4 Å². The van der Waals surface area contributed by atoms with Crippen LogP contribution in [0.2, 0.25) is 0 Å². The van der Waals surface area contributed by atoms with Crippen molar-refractivity contribution in [1.82, 2.24) is 19.7 Å². The fourth-order valence-electron chi connectivity index (χ4n) is 3.91. The molecule has 3 atom stereocenters. The predicted molar refractivity (Wildman–Crippen MR) is 94.3 cm³/mol. The van der Waals surface area contributed by atoms with E-state index < -0.39 is 0 Å². The molecule has 2 aromatic rings. The average Bonchev–Trinajstić information content (AvgIpc) is 3.35. The van der Waals surface area contributed by atoms with E-state index in [1.807, 2.05) is 17.0 Å². The maximum absolute atomic E-state index is 12.7. The summed E-state index contributed by atoms with van der Waals surface area (Å²) in [5, 5.41) is 4.09. The smallest absolute Gasteiger partial charge is 0.272 e. The van der Waals surface area contributed by atoms with Gasteiger partial charge in [0.2, 0.25) is 0 Å². The van der Waals surface area contributed by atoms with Crippen LogP contribution in [0.3, 0.4) is 0 Å². The molecule has 0 aliphatic carbocycles. The minimum absolute atomic E-state index is 0.0377. The first-order valence-corrected chi connectivity index (χ1v) is 9.08. The Bertz CT molecular complexity index is 748. The lowest BCUT2D eigenvalue weighted by Gasteiger charge is -2.20. The molecule has 0 saturated carbocycles. The van der Waals surface area contributed by atoms with Gasteiger partial charge >= 0.3 is 0 Å². The van der Waals surface area contributed by atoms with Crippen molar-refractivity contribution in [3.05, 3.63) is 48.0 Å². The lowest BCUT2D eigenvalue weighted by atomic mass is 9.91. The molecule has 2 fully saturated rings. The highest BCUT2D eigenvalue weighted by Gasteiger charge is 2.45. The van der Waals surface area contributed by atoms with Crippen LogP contribution in [0.25, 0.3) is 0 Å². The first-order valence-electron chi connectivity index (χ1n) is 9.08. The van der Waals surface area contributed by atoms with Gasteiger partial charge in [0.15, 0.2) is 0 Å². The van der Waals surface area contributed by atoms with Gasteiger partial charge in [-0.3, -0.25) is 14.5 Å². The van der Waals surface area contributed by atoms with Crippen molar-refractivity contribution in [1.29, 1.82) is 0 Å². The zero-order valence-corrected chi connectivity index (χ0v) is 15.0. The van der Waals surface area contributed by atoms with E-state index in [2.05, 4.69) is 10.1 Å². The Kier molecular flexibility index (Phi) is 4.99. The lowest BCUT2D eigenvalue weighted by Crippen LogP contribution is -2.32. The molecular formula is C19H24N4O3. The van der Waals surface area contributed by atoms with Crippen molar-refractivity contribution < 1.29 is 14.3 Å². The Morgan fingerprint density at radius 2 is 2.12 bits per heavy atom. The highest BCUT2D eigenvalue weighted by molar-refractivity contribution is 5.92. The quantitative estimate of drug-likeness (QED) is 0.734. The molecule has 2 aliphatic rings. The molecule has 4 heterocycles. The molecule has 2 aliphatic heterocycles. The highest BCUT2D eigenvalue weighted by atomic mass is 16.5. The third-order valence-electron chi connectivity index (χ3n) is 5.42. The number of carbonyl (C=O) groups is 1. The summed E-state index contributed by atoms with van der Waals surface area (Å²) in [7, 11) is 1.80. The number of fused-ring (bicyclic) bond motifs is 1. The number of carbonyl (C=O) groups excluding carboxylic acids is 1. The van der Waals surface area contributed by atoms with Gasteiger partial charge in [0.05, 0.1) is 19.3 Å². The molecule has 7 nitrogen and oxygen atoms in total. The van der Waals surface area contributed by atoms with E-state index in [0.29, 0.717) is 37.3 Å². The zero-order valence-electron chi connectivity index (χ0n) is 15.0. The molecule has 26 heavy (non-hydrogen) atoms. The molecule has 0 aromatic carbocycles. The number of aromatic nitrogens is 3. The molecule has 0 spiro atoms. The maximum atomic E-state index is 12.7. The van der Waals surface area contributed by atoms with E-state index in [4.69, 9.17) is 9.47 Å². The number of nitrogens with zero attached hydrogens (tertiary/aromatic N) is 4. The van der Waals surface area contributed by atoms with E-state index in [1.165, 1.54) is 0 Å². The third kappa shape index (κ3) is 3.50. The van der Waals surface area contributed by atoms with Crippen molar-refractivity contribution in [2.45, 2.75) is 19.1 Å². The second-order valence-corrected chi connectivity index (χ2v) is 7.04. The lowest BCUT2D eigenvalue weighted by molar-refractivity contribution is 0.0640. The van der Waals surface area contributed by atoms with Gasteiger partial charge in [-0.2, -0.15) is 5.10 Å². The number of aryl methyl sites for hydroxylation is 1. The van der Waals surface area contributed by atoms with Crippen molar-refractivity contribution in [3.63, 3.8) is 0 Å². The molecule has 2 aromatic heterocycles. The Morgan fingerprint density at radius 1 is 1.27 bits per heavy atom. The number of hydrogen-bond acceptors (Lipinski definition) is 5. The Hall–Kier alpha value is -2.25. The first kappa shape index (κ1) is 17.2. The Labute approximate surface area is 152 Å². The average molecular weight is 356 g/mol. The molecule has 7 heteroatoms. The van der Waals surface area contributed by atoms with Crippen molar-refractivity contribution in [2.75, 3.05) is 26.3 Å². The van der Waals surface area contributed by atoms with Gasteiger partial charge in [0, 0.05) is 51.3 Å². The molecule has 2 saturated heterocycles. The fraction of sp³-hybridized carbons (Fsp3) is 0.526. The zero-order chi connectivity index (χ0) is 17.9. The van der Waals surface area contributed by atoms with Crippen LogP contribution in [0.1, 0.15) is 22.5 Å². The number of amides is 1. The maximum Gasteiger partial charge on any atom is 0.272 e. The van der Waals surface area contributed by atoms with Crippen LogP contribution < -0.4 is 0 Å².